The van der Waals surface area contributed by atoms with Gasteiger partial charge in [-0.1, -0.05) is 6.42 Å². The Balaban J connectivity index is 3.32. The third-order valence-electron chi connectivity index (χ3n) is 2.66. The summed E-state index contributed by atoms with van der Waals surface area (Å²) in [7, 11) is 0. The van der Waals surface area contributed by atoms with Crippen molar-refractivity contribution < 1.29 is 19.5 Å². The molecule has 3 amide bonds. The van der Waals surface area contributed by atoms with Gasteiger partial charge in [-0.15, -0.1) is 0 Å². The molecule has 0 bridgehead atoms. The van der Waals surface area contributed by atoms with Crippen molar-refractivity contribution in [3.63, 3.8) is 0 Å². The van der Waals surface area contributed by atoms with Gasteiger partial charge in [0.25, 0.3) is 0 Å². The molecule has 0 aromatic carbocycles. The fraction of sp³-hybridized carbons (Fsp3) is 0.769. The van der Waals surface area contributed by atoms with Gasteiger partial charge < -0.3 is 21.5 Å². The van der Waals surface area contributed by atoms with Crippen LogP contribution in [0, 0.1) is 0 Å². The molecule has 0 aliphatic heterocycles. The van der Waals surface area contributed by atoms with Crippen LogP contribution < -0.4 is 16.4 Å². The zero-order valence-electron chi connectivity index (χ0n) is 11.8. The molecule has 5 N–H and O–H groups in total. The molecule has 0 spiro atoms. The van der Waals surface area contributed by atoms with Crippen LogP contribution in [-0.2, 0) is 14.4 Å². The normalized spacial score (nSPS) is 10.1. The molecule has 0 heterocycles. The predicted molar refractivity (Wildman–Crippen MR) is 74.6 cm³/mol. The number of aliphatic hydroxyl groups excluding tert-OH is 1. The molecule has 7 nitrogen and oxygen atoms in total. The summed E-state index contributed by atoms with van der Waals surface area (Å²) in [5, 5.41) is 13.9. The highest BCUT2D eigenvalue weighted by molar-refractivity contribution is 5.78. The first-order chi connectivity index (χ1) is 9.56. The van der Waals surface area contributed by atoms with Gasteiger partial charge in [0.2, 0.25) is 17.7 Å². The lowest BCUT2D eigenvalue weighted by Crippen LogP contribution is -2.26. The van der Waals surface area contributed by atoms with E-state index >= 15 is 0 Å². The van der Waals surface area contributed by atoms with Crippen LogP contribution in [0.5, 0.6) is 0 Å². The number of amides is 3. The van der Waals surface area contributed by atoms with Crippen molar-refractivity contribution in [1.29, 1.82) is 0 Å². The maximum Gasteiger partial charge on any atom is 0.220 e. The number of hydrogen-bond donors (Lipinski definition) is 4. The maximum absolute atomic E-state index is 11.3. The Hall–Kier alpha value is -1.63. The van der Waals surface area contributed by atoms with Crippen molar-refractivity contribution in [2.75, 3.05) is 19.7 Å². The van der Waals surface area contributed by atoms with E-state index in [-0.39, 0.29) is 24.8 Å². The molecular weight excluding hydrogens is 262 g/mol. The van der Waals surface area contributed by atoms with Crippen LogP contribution in [0.1, 0.15) is 44.9 Å². The molecule has 0 aliphatic rings. The summed E-state index contributed by atoms with van der Waals surface area (Å²) in [6, 6.07) is 0. The summed E-state index contributed by atoms with van der Waals surface area (Å²) >= 11 is 0. The van der Waals surface area contributed by atoms with Gasteiger partial charge in [0, 0.05) is 32.4 Å². The second kappa shape index (κ2) is 12.4. The number of unbranched alkanes of at least 4 members (excludes halogenated alkanes) is 2. The van der Waals surface area contributed by atoms with E-state index in [0.717, 1.165) is 19.3 Å². The van der Waals surface area contributed by atoms with Crippen LogP contribution in [0.4, 0.5) is 0 Å². The minimum atomic E-state index is -0.391. The minimum Gasteiger partial charge on any atom is -0.395 e. The Morgan fingerprint density at radius 2 is 1.40 bits per heavy atom. The molecule has 0 fully saturated rings. The van der Waals surface area contributed by atoms with Gasteiger partial charge in [-0.3, -0.25) is 14.4 Å². The van der Waals surface area contributed by atoms with Crippen molar-refractivity contribution >= 4 is 17.7 Å². The number of nitrogens with one attached hydrogen (secondary N) is 2. The molecule has 0 saturated heterocycles. The van der Waals surface area contributed by atoms with Crippen LogP contribution in [0.3, 0.4) is 0 Å². The van der Waals surface area contributed by atoms with Crippen LogP contribution >= 0.6 is 0 Å². The largest absolute Gasteiger partial charge is 0.395 e. The minimum absolute atomic E-state index is 0.0481. The highest BCUT2D eigenvalue weighted by atomic mass is 16.3. The average molecular weight is 287 g/mol. The Bertz CT molecular complexity index is 308. The van der Waals surface area contributed by atoms with E-state index in [4.69, 9.17) is 10.8 Å². The quantitative estimate of drug-likeness (QED) is 0.359. The van der Waals surface area contributed by atoms with Crippen molar-refractivity contribution in [3.05, 3.63) is 0 Å². The molecule has 0 unspecified atom stereocenters. The van der Waals surface area contributed by atoms with Crippen molar-refractivity contribution in [3.8, 4) is 0 Å². The topological polar surface area (TPSA) is 122 Å². The van der Waals surface area contributed by atoms with Gasteiger partial charge in [0.05, 0.1) is 6.61 Å². The van der Waals surface area contributed by atoms with Gasteiger partial charge in [0.1, 0.15) is 0 Å². The molecule has 0 aromatic heterocycles. The first-order valence-corrected chi connectivity index (χ1v) is 6.99. The lowest BCUT2D eigenvalue weighted by Gasteiger charge is -2.05. The SMILES string of the molecule is NC(=O)CCCC(=O)NCCCCCC(=O)NCCO. The van der Waals surface area contributed by atoms with E-state index in [0.29, 0.717) is 32.4 Å². The van der Waals surface area contributed by atoms with Crippen molar-refractivity contribution in [1.82, 2.24) is 10.6 Å². The Kier molecular flexibility index (Phi) is 11.4. The molecule has 0 radical (unpaired) electrons. The monoisotopic (exact) mass is 287 g/mol. The second-order valence-electron chi connectivity index (χ2n) is 4.55. The molecule has 0 aromatic rings. The number of primary amides is 1. The summed E-state index contributed by atoms with van der Waals surface area (Å²) < 4.78 is 0. The molecule has 0 saturated carbocycles. The molecule has 0 rings (SSSR count). The maximum atomic E-state index is 11.3. The number of carbonyl (C=O) groups is 3. The third kappa shape index (κ3) is 12.8. The third-order valence-corrected chi connectivity index (χ3v) is 2.66. The van der Waals surface area contributed by atoms with Gasteiger partial charge in [-0.2, -0.15) is 0 Å². The lowest BCUT2D eigenvalue weighted by molar-refractivity contribution is -0.122. The van der Waals surface area contributed by atoms with Crippen LogP contribution in [0.2, 0.25) is 0 Å². The van der Waals surface area contributed by atoms with Gasteiger partial charge in [0.15, 0.2) is 0 Å². The molecule has 0 atom stereocenters. The number of carbonyl (C=O) groups excluding carboxylic acids is 3. The second-order valence-corrected chi connectivity index (χ2v) is 4.55. The fourth-order valence-corrected chi connectivity index (χ4v) is 1.61. The summed E-state index contributed by atoms with van der Waals surface area (Å²) in [5.74, 6) is -0.529. The summed E-state index contributed by atoms with van der Waals surface area (Å²) in [4.78, 5) is 33.0. The summed E-state index contributed by atoms with van der Waals surface area (Å²) in [6.45, 7) is 0.821. The molecule has 20 heavy (non-hydrogen) atoms. The standard InChI is InChI=1S/C13H25N3O4/c14-11(18)5-4-7-13(20)15-8-3-1-2-6-12(19)16-9-10-17/h17H,1-10H2,(H2,14,18)(H,15,20)(H,16,19). The first-order valence-electron chi connectivity index (χ1n) is 6.99. The van der Waals surface area contributed by atoms with E-state index in [1.165, 1.54) is 0 Å². The Morgan fingerprint density at radius 1 is 0.800 bits per heavy atom. The highest BCUT2D eigenvalue weighted by Crippen LogP contribution is 1.99. The summed E-state index contributed by atoms with van der Waals surface area (Å²) in [5.41, 5.74) is 4.97. The number of rotatable bonds is 12. The average Bonchev–Trinajstić information content (AvgIpc) is 2.39. The zero-order valence-corrected chi connectivity index (χ0v) is 11.8. The zero-order chi connectivity index (χ0) is 15.2. The number of hydrogen-bond acceptors (Lipinski definition) is 4. The lowest BCUT2D eigenvalue weighted by atomic mass is 10.2. The smallest absolute Gasteiger partial charge is 0.220 e. The first kappa shape index (κ1) is 18.4. The van der Waals surface area contributed by atoms with Crippen LogP contribution in [0.25, 0.3) is 0 Å². The van der Waals surface area contributed by atoms with E-state index in [1.54, 1.807) is 0 Å². The van der Waals surface area contributed by atoms with E-state index in [9.17, 15) is 14.4 Å². The van der Waals surface area contributed by atoms with Gasteiger partial charge in [-0.25, -0.2) is 0 Å². The molecule has 0 aliphatic carbocycles. The van der Waals surface area contributed by atoms with E-state index < -0.39 is 5.91 Å². The Morgan fingerprint density at radius 3 is 2.00 bits per heavy atom. The van der Waals surface area contributed by atoms with Crippen molar-refractivity contribution in [2.24, 2.45) is 5.73 Å². The molecule has 7 heteroatoms. The van der Waals surface area contributed by atoms with Crippen LogP contribution in [-0.4, -0.2) is 42.5 Å². The van der Waals surface area contributed by atoms with Crippen molar-refractivity contribution in [2.45, 2.75) is 44.9 Å². The molecular formula is C13H25N3O4. The predicted octanol–water partition coefficient (Wildman–Crippen LogP) is -0.573. The Labute approximate surface area is 119 Å². The van der Waals surface area contributed by atoms with E-state index in [2.05, 4.69) is 10.6 Å². The summed E-state index contributed by atoms with van der Waals surface area (Å²) in [6.07, 6.45) is 3.89. The number of aliphatic hydroxyl groups is 1. The highest BCUT2D eigenvalue weighted by Gasteiger charge is 2.03. The van der Waals surface area contributed by atoms with Gasteiger partial charge in [-0.05, 0) is 19.3 Å². The number of nitrogens with two attached hydrogens (primary N) is 1. The molecule has 116 valence electrons. The van der Waals surface area contributed by atoms with E-state index in [1.807, 2.05) is 0 Å². The van der Waals surface area contributed by atoms with Crippen LogP contribution in [0.15, 0.2) is 0 Å². The van der Waals surface area contributed by atoms with Gasteiger partial charge >= 0.3 is 0 Å². The fourth-order valence-electron chi connectivity index (χ4n) is 1.61.